The van der Waals surface area contributed by atoms with Gasteiger partial charge in [-0.25, -0.2) is 0 Å². The van der Waals surface area contributed by atoms with Gasteiger partial charge in [-0.1, -0.05) is 18.2 Å². The molecule has 1 N–H and O–H groups in total. The molecule has 0 bridgehead atoms. The van der Waals surface area contributed by atoms with Crippen LogP contribution >= 0.6 is 0 Å². The maximum absolute atomic E-state index is 8.82. The number of hydrogen-bond donors (Lipinski definition) is 1. The molecule has 1 aromatic heterocycles. The van der Waals surface area contributed by atoms with E-state index in [1.807, 2.05) is 22.9 Å². The van der Waals surface area contributed by atoms with Gasteiger partial charge in [0.2, 0.25) is 0 Å². The Bertz CT molecular complexity index is 699. The summed E-state index contributed by atoms with van der Waals surface area (Å²) in [5, 5.41) is 17.0. The number of aryl methyl sites for hydroxylation is 1. The minimum Gasteiger partial charge on any atom is -0.496 e. The van der Waals surface area contributed by atoms with E-state index in [1.165, 1.54) is 11.3 Å². The molecule has 1 aliphatic heterocycles. The molecule has 0 radical (unpaired) electrons. The van der Waals surface area contributed by atoms with Gasteiger partial charge in [-0.3, -0.25) is 4.68 Å². The number of benzene rings is 1. The van der Waals surface area contributed by atoms with E-state index in [-0.39, 0.29) is 0 Å². The highest BCUT2D eigenvalue weighted by Gasteiger charge is 2.21. The smallest absolute Gasteiger partial charge is 0.122 e. The van der Waals surface area contributed by atoms with Crippen LogP contribution in [0.2, 0.25) is 0 Å². The molecule has 0 amide bonds. The third-order valence-corrected chi connectivity index (χ3v) is 4.08. The van der Waals surface area contributed by atoms with Gasteiger partial charge in [0.05, 0.1) is 31.8 Å². The monoisotopic (exact) mass is 296 g/mol. The van der Waals surface area contributed by atoms with E-state index in [0.717, 1.165) is 42.9 Å². The molecule has 1 aliphatic rings. The average molecular weight is 296 g/mol. The van der Waals surface area contributed by atoms with Crippen LogP contribution in [0.3, 0.4) is 0 Å². The predicted molar refractivity (Wildman–Crippen MR) is 83.7 cm³/mol. The molecule has 0 fully saturated rings. The first kappa shape index (κ1) is 14.6. The summed E-state index contributed by atoms with van der Waals surface area (Å²) in [6.07, 6.45) is 2.23. The molecule has 0 saturated heterocycles. The van der Waals surface area contributed by atoms with Crippen molar-refractivity contribution in [2.75, 3.05) is 13.7 Å². The van der Waals surface area contributed by atoms with Crippen LogP contribution in [-0.4, -0.2) is 23.4 Å². The largest absolute Gasteiger partial charge is 0.496 e. The second-order valence-corrected chi connectivity index (χ2v) is 5.42. The molecule has 2 heterocycles. The lowest BCUT2D eigenvalue weighted by atomic mass is 10.0. The van der Waals surface area contributed by atoms with Crippen LogP contribution in [0.4, 0.5) is 0 Å². The molecule has 0 saturated carbocycles. The maximum atomic E-state index is 8.82. The van der Waals surface area contributed by atoms with Crippen LogP contribution < -0.4 is 10.1 Å². The third kappa shape index (κ3) is 2.83. The molecule has 0 unspecified atom stereocenters. The lowest BCUT2D eigenvalue weighted by Crippen LogP contribution is -2.25. The Balaban J connectivity index is 1.93. The fourth-order valence-corrected chi connectivity index (χ4v) is 3.01. The van der Waals surface area contributed by atoms with Gasteiger partial charge >= 0.3 is 0 Å². The number of nitriles is 1. The van der Waals surface area contributed by atoms with Gasteiger partial charge in [0, 0.05) is 42.8 Å². The predicted octanol–water partition coefficient (Wildman–Crippen LogP) is 2.04. The molecular weight excluding hydrogens is 276 g/mol. The van der Waals surface area contributed by atoms with Crippen molar-refractivity contribution in [3.05, 3.63) is 46.8 Å². The van der Waals surface area contributed by atoms with Crippen LogP contribution in [0.15, 0.2) is 24.3 Å². The number of ether oxygens (including phenoxy) is 1. The first-order valence-corrected chi connectivity index (χ1v) is 7.60. The lowest BCUT2D eigenvalue weighted by molar-refractivity contribution is 0.410. The average Bonchev–Trinajstić information content (AvgIpc) is 2.91. The third-order valence-electron chi connectivity index (χ3n) is 4.08. The van der Waals surface area contributed by atoms with E-state index >= 15 is 0 Å². The summed E-state index contributed by atoms with van der Waals surface area (Å²) in [6.45, 7) is 2.50. The summed E-state index contributed by atoms with van der Waals surface area (Å²) in [7, 11) is 1.70. The fraction of sp³-hybridized carbons (Fsp3) is 0.412. The van der Waals surface area contributed by atoms with Crippen molar-refractivity contribution in [2.24, 2.45) is 0 Å². The SMILES string of the molecule is COc1ccccc1Cc1nn(CCC#N)c2c1CNCC2. The molecule has 114 valence electrons. The summed E-state index contributed by atoms with van der Waals surface area (Å²) in [5.41, 5.74) is 4.79. The molecule has 5 nitrogen and oxygen atoms in total. The first-order chi connectivity index (χ1) is 10.8. The van der Waals surface area contributed by atoms with E-state index in [9.17, 15) is 0 Å². The summed E-state index contributed by atoms with van der Waals surface area (Å²) in [6, 6.07) is 10.3. The zero-order valence-electron chi connectivity index (χ0n) is 12.8. The number of aromatic nitrogens is 2. The Morgan fingerprint density at radius 2 is 2.27 bits per heavy atom. The Labute approximate surface area is 130 Å². The Morgan fingerprint density at radius 1 is 1.41 bits per heavy atom. The molecule has 5 heteroatoms. The van der Waals surface area contributed by atoms with Crippen LogP contribution in [0.5, 0.6) is 5.75 Å². The molecule has 3 rings (SSSR count). The van der Waals surface area contributed by atoms with Crippen LogP contribution in [-0.2, 0) is 25.9 Å². The van der Waals surface area contributed by atoms with Crippen molar-refractivity contribution in [3.63, 3.8) is 0 Å². The summed E-state index contributed by atoms with van der Waals surface area (Å²) >= 11 is 0. The van der Waals surface area contributed by atoms with E-state index in [2.05, 4.69) is 17.5 Å². The Kier molecular flexibility index (Phi) is 4.40. The summed E-state index contributed by atoms with van der Waals surface area (Å²) in [4.78, 5) is 0. The van der Waals surface area contributed by atoms with Gasteiger partial charge < -0.3 is 10.1 Å². The maximum Gasteiger partial charge on any atom is 0.122 e. The lowest BCUT2D eigenvalue weighted by Gasteiger charge is -2.15. The number of para-hydroxylation sites is 1. The molecule has 22 heavy (non-hydrogen) atoms. The number of rotatable bonds is 5. The molecule has 1 aromatic carbocycles. The van der Waals surface area contributed by atoms with Crippen molar-refractivity contribution in [2.45, 2.75) is 32.4 Å². The van der Waals surface area contributed by atoms with Crippen LogP contribution in [0.1, 0.15) is 28.9 Å². The quantitative estimate of drug-likeness (QED) is 0.917. The van der Waals surface area contributed by atoms with E-state index in [4.69, 9.17) is 15.1 Å². The molecule has 2 aromatic rings. The van der Waals surface area contributed by atoms with Crippen LogP contribution in [0.25, 0.3) is 0 Å². The molecule has 0 atom stereocenters. The van der Waals surface area contributed by atoms with Gasteiger partial charge in [0.15, 0.2) is 0 Å². The zero-order valence-corrected chi connectivity index (χ0v) is 12.8. The minimum atomic E-state index is 0.496. The van der Waals surface area contributed by atoms with E-state index in [1.54, 1.807) is 7.11 Å². The molecule has 0 spiro atoms. The Hall–Kier alpha value is -2.32. The van der Waals surface area contributed by atoms with Crippen molar-refractivity contribution in [1.29, 1.82) is 5.26 Å². The summed E-state index contributed by atoms with van der Waals surface area (Å²) in [5.74, 6) is 0.895. The normalized spacial score (nSPS) is 13.5. The van der Waals surface area contributed by atoms with Gasteiger partial charge in [0.1, 0.15) is 5.75 Å². The standard InChI is InChI=1S/C17H20N4O/c1-22-17-6-3-2-5-13(17)11-15-14-12-19-9-7-16(14)21(20-15)10-4-8-18/h2-3,5-6,19H,4,7,9-12H2,1H3. The van der Waals surface area contributed by atoms with Crippen molar-refractivity contribution < 1.29 is 4.74 Å². The zero-order chi connectivity index (χ0) is 15.4. The second-order valence-electron chi connectivity index (χ2n) is 5.42. The number of nitrogens with one attached hydrogen (secondary N) is 1. The topological polar surface area (TPSA) is 62.9 Å². The van der Waals surface area contributed by atoms with E-state index < -0.39 is 0 Å². The Morgan fingerprint density at radius 3 is 3.09 bits per heavy atom. The summed E-state index contributed by atoms with van der Waals surface area (Å²) < 4.78 is 7.46. The van der Waals surface area contributed by atoms with Crippen molar-refractivity contribution >= 4 is 0 Å². The van der Waals surface area contributed by atoms with Crippen molar-refractivity contribution in [3.8, 4) is 11.8 Å². The molecule has 0 aliphatic carbocycles. The number of fused-ring (bicyclic) bond motifs is 1. The van der Waals surface area contributed by atoms with Gasteiger partial charge in [-0.2, -0.15) is 10.4 Å². The highest BCUT2D eigenvalue weighted by Crippen LogP contribution is 2.25. The van der Waals surface area contributed by atoms with Gasteiger partial charge in [-0.05, 0) is 6.07 Å². The number of hydrogen-bond acceptors (Lipinski definition) is 4. The van der Waals surface area contributed by atoms with E-state index in [0.29, 0.717) is 13.0 Å². The highest BCUT2D eigenvalue weighted by atomic mass is 16.5. The number of methoxy groups -OCH3 is 1. The van der Waals surface area contributed by atoms with Crippen molar-refractivity contribution in [1.82, 2.24) is 15.1 Å². The second kappa shape index (κ2) is 6.63. The molecular formula is C17H20N4O. The minimum absolute atomic E-state index is 0.496. The van der Waals surface area contributed by atoms with Gasteiger partial charge in [0.25, 0.3) is 0 Å². The number of nitrogens with zero attached hydrogens (tertiary/aromatic N) is 3. The van der Waals surface area contributed by atoms with Gasteiger partial charge in [-0.15, -0.1) is 0 Å². The highest BCUT2D eigenvalue weighted by molar-refractivity contribution is 5.39. The fourth-order valence-electron chi connectivity index (χ4n) is 3.01. The van der Waals surface area contributed by atoms with Crippen LogP contribution in [0, 0.1) is 11.3 Å². The first-order valence-electron chi connectivity index (χ1n) is 7.60.